The second-order valence-electron chi connectivity index (χ2n) is 9.11. The molecule has 0 amide bonds. The molecular formula is C23H31F5O. The lowest BCUT2D eigenvalue weighted by Crippen LogP contribution is -2.41. The van der Waals surface area contributed by atoms with Gasteiger partial charge < -0.3 is 4.74 Å². The molecule has 0 atom stereocenters. The Hall–Kier alpha value is -1.33. The van der Waals surface area contributed by atoms with Gasteiger partial charge in [-0.15, -0.1) is 0 Å². The molecule has 0 radical (unpaired) electrons. The zero-order valence-electron chi connectivity index (χ0n) is 17.0. The minimum absolute atomic E-state index is 0.346. The highest BCUT2D eigenvalue weighted by molar-refractivity contribution is 5.30. The van der Waals surface area contributed by atoms with E-state index in [2.05, 4.69) is 11.7 Å². The van der Waals surface area contributed by atoms with E-state index in [0.717, 1.165) is 49.0 Å². The van der Waals surface area contributed by atoms with Crippen molar-refractivity contribution in [2.24, 2.45) is 17.8 Å². The molecule has 2 aliphatic carbocycles. The number of rotatable bonds is 6. The molecule has 0 spiro atoms. The van der Waals surface area contributed by atoms with Crippen LogP contribution in [0.15, 0.2) is 24.3 Å². The maximum Gasteiger partial charge on any atom is 0.499 e. The molecule has 0 aromatic heterocycles. The van der Waals surface area contributed by atoms with Crippen LogP contribution in [0.25, 0.3) is 0 Å². The molecule has 2 aliphatic rings. The number of alkyl halides is 5. The van der Waals surface area contributed by atoms with Gasteiger partial charge in [0.2, 0.25) is 0 Å². The Balaban J connectivity index is 1.43. The number of ether oxygens (including phenoxy) is 1. The molecular weight excluding hydrogens is 387 g/mol. The minimum Gasteiger partial charge on any atom is -0.426 e. The molecule has 0 bridgehead atoms. The van der Waals surface area contributed by atoms with Crippen molar-refractivity contribution in [3.05, 3.63) is 29.8 Å². The smallest absolute Gasteiger partial charge is 0.426 e. The molecule has 2 saturated carbocycles. The molecule has 0 aliphatic heterocycles. The van der Waals surface area contributed by atoms with E-state index in [4.69, 9.17) is 0 Å². The van der Waals surface area contributed by atoms with Crippen LogP contribution in [0.4, 0.5) is 22.0 Å². The quantitative estimate of drug-likeness (QED) is 0.424. The predicted molar refractivity (Wildman–Crippen MR) is 103 cm³/mol. The van der Waals surface area contributed by atoms with E-state index in [1.54, 1.807) is 12.1 Å². The van der Waals surface area contributed by atoms with E-state index in [1.165, 1.54) is 50.7 Å². The van der Waals surface area contributed by atoms with Crippen LogP contribution in [-0.2, 0) is 0 Å². The Labute approximate surface area is 170 Å². The first-order chi connectivity index (χ1) is 13.6. The summed E-state index contributed by atoms with van der Waals surface area (Å²) in [6.45, 7) is 2.35. The van der Waals surface area contributed by atoms with Crippen molar-refractivity contribution < 1.29 is 26.7 Å². The van der Waals surface area contributed by atoms with Gasteiger partial charge in [-0.1, -0.05) is 57.6 Å². The van der Waals surface area contributed by atoms with Gasteiger partial charge in [-0.25, -0.2) is 0 Å². The maximum absolute atomic E-state index is 13.0. The average molecular weight is 418 g/mol. The van der Waals surface area contributed by atoms with Gasteiger partial charge in [0.15, 0.2) is 0 Å². The molecule has 0 unspecified atom stereocenters. The fourth-order valence-electron chi connectivity index (χ4n) is 4.89. The van der Waals surface area contributed by atoms with Crippen LogP contribution in [0.3, 0.4) is 0 Å². The molecule has 0 N–H and O–H groups in total. The largest absolute Gasteiger partial charge is 0.499 e. The van der Waals surface area contributed by atoms with Gasteiger partial charge in [0.1, 0.15) is 5.75 Å². The van der Waals surface area contributed by atoms with Gasteiger partial charge in [-0.05, 0) is 67.1 Å². The lowest BCUT2D eigenvalue weighted by Gasteiger charge is -2.31. The van der Waals surface area contributed by atoms with Crippen molar-refractivity contribution in [2.45, 2.75) is 89.3 Å². The lowest BCUT2D eigenvalue weighted by atomic mass is 9.74. The summed E-state index contributed by atoms with van der Waals surface area (Å²) in [4.78, 5) is 0. The minimum atomic E-state index is -5.72. The predicted octanol–water partition coefficient (Wildman–Crippen LogP) is 8.10. The zero-order valence-corrected chi connectivity index (χ0v) is 17.0. The molecule has 1 nitrogen and oxygen atoms in total. The first-order valence-electron chi connectivity index (χ1n) is 10.9. The summed E-state index contributed by atoms with van der Waals surface area (Å²) < 4.78 is 66.6. The molecule has 0 heterocycles. The topological polar surface area (TPSA) is 9.23 Å². The number of hydrogen-bond acceptors (Lipinski definition) is 1. The van der Waals surface area contributed by atoms with Crippen molar-refractivity contribution in [2.75, 3.05) is 0 Å². The number of hydrogen-bond donors (Lipinski definition) is 0. The SMILES string of the molecule is CC1CCC(CCC2CCC(c3ccc(OC(F)(F)C(F)(F)F)cc3)CC2)CC1. The zero-order chi connectivity index (χ0) is 21.1. The van der Waals surface area contributed by atoms with Gasteiger partial charge in [0, 0.05) is 0 Å². The first-order valence-corrected chi connectivity index (χ1v) is 10.9. The fraction of sp³-hybridized carbons (Fsp3) is 0.739. The van der Waals surface area contributed by atoms with Crippen LogP contribution in [0.1, 0.15) is 82.6 Å². The molecule has 0 saturated heterocycles. The van der Waals surface area contributed by atoms with Crippen LogP contribution in [0, 0.1) is 17.8 Å². The molecule has 29 heavy (non-hydrogen) atoms. The van der Waals surface area contributed by atoms with Gasteiger partial charge in [-0.2, -0.15) is 22.0 Å². The molecule has 164 valence electrons. The highest BCUT2D eigenvalue weighted by Gasteiger charge is 2.61. The highest BCUT2D eigenvalue weighted by atomic mass is 19.4. The Morgan fingerprint density at radius 2 is 1.24 bits per heavy atom. The van der Waals surface area contributed by atoms with Crippen LogP contribution < -0.4 is 4.74 Å². The summed E-state index contributed by atoms with van der Waals surface area (Å²) in [6.07, 6.45) is 1.64. The fourth-order valence-corrected chi connectivity index (χ4v) is 4.89. The summed E-state index contributed by atoms with van der Waals surface area (Å²) in [7, 11) is 0. The van der Waals surface area contributed by atoms with Crippen molar-refractivity contribution in [1.82, 2.24) is 0 Å². The van der Waals surface area contributed by atoms with Gasteiger partial charge in [0.25, 0.3) is 0 Å². The van der Waals surface area contributed by atoms with E-state index in [1.807, 2.05) is 0 Å². The number of halogens is 5. The van der Waals surface area contributed by atoms with E-state index in [0.29, 0.717) is 5.92 Å². The van der Waals surface area contributed by atoms with Gasteiger partial charge in [0.05, 0.1) is 0 Å². The Morgan fingerprint density at radius 3 is 1.72 bits per heavy atom. The normalized spacial score (nSPS) is 28.9. The Morgan fingerprint density at radius 1 is 0.759 bits per heavy atom. The summed E-state index contributed by atoms with van der Waals surface area (Å²) >= 11 is 0. The third-order valence-corrected chi connectivity index (χ3v) is 6.89. The Bertz CT molecular complexity index is 624. The molecule has 1 aromatic rings. The number of benzene rings is 1. The highest BCUT2D eigenvalue weighted by Crippen LogP contribution is 2.41. The van der Waals surface area contributed by atoms with E-state index < -0.39 is 18.0 Å². The van der Waals surface area contributed by atoms with Gasteiger partial charge in [-0.3, -0.25) is 0 Å². The van der Waals surface area contributed by atoms with Crippen molar-refractivity contribution >= 4 is 0 Å². The standard InChI is InChI=1S/C23H31F5O/c1-16-2-4-17(5-3-16)6-7-18-8-10-19(11-9-18)20-12-14-21(15-13-20)29-23(27,28)22(24,25)26/h12-19H,2-11H2,1H3. The van der Waals surface area contributed by atoms with Crippen LogP contribution in [-0.4, -0.2) is 12.3 Å². The van der Waals surface area contributed by atoms with Crippen LogP contribution in [0.2, 0.25) is 0 Å². The van der Waals surface area contributed by atoms with E-state index >= 15 is 0 Å². The maximum atomic E-state index is 13.0. The monoisotopic (exact) mass is 418 g/mol. The molecule has 3 rings (SSSR count). The van der Waals surface area contributed by atoms with Gasteiger partial charge >= 0.3 is 12.3 Å². The second-order valence-corrected chi connectivity index (χ2v) is 9.11. The lowest BCUT2D eigenvalue weighted by molar-refractivity contribution is -0.360. The summed E-state index contributed by atoms with van der Waals surface area (Å²) in [5, 5.41) is 0. The summed E-state index contributed by atoms with van der Waals surface area (Å²) in [5.41, 5.74) is 0.993. The van der Waals surface area contributed by atoms with Crippen molar-refractivity contribution in [3.8, 4) is 5.75 Å². The Kier molecular flexibility index (Phi) is 7.10. The molecule has 6 heteroatoms. The summed E-state index contributed by atoms with van der Waals surface area (Å²) in [6, 6.07) is 5.67. The van der Waals surface area contributed by atoms with E-state index in [-0.39, 0.29) is 0 Å². The molecule has 2 fully saturated rings. The van der Waals surface area contributed by atoms with Crippen LogP contribution in [0.5, 0.6) is 5.75 Å². The molecule has 1 aromatic carbocycles. The third kappa shape index (κ3) is 6.08. The second kappa shape index (κ2) is 9.22. The average Bonchev–Trinajstić information content (AvgIpc) is 2.67. The van der Waals surface area contributed by atoms with Crippen LogP contribution >= 0.6 is 0 Å². The van der Waals surface area contributed by atoms with E-state index in [9.17, 15) is 22.0 Å². The summed E-state index contributed by atoms with van der Waals surface area (Å²) in [5.74, 6) is 2.42. The third-order valence-electron chi connectivity index (χ3n) is 6.89. The van der Waals surface area contributed by atoms with Crippen molar-refractivity contribution in [3.63, 3.8) is 0 Å². The first kappa shape index (κ1) is 22.4. The van der Waals surface area contributed by atoms with Crippen molar-refractivity contribution in [1.29, 1.82) is 0 Å².